The van der Waals surface area contributed by atoms with Crippen LogP contribution in [0.25, 0.3) is 0 Å². The van der Waals surface area contributed by atoms with Gasteiger partial charge in [-0.05, 0) is 13.1 Å². The zero-order valence-electron chi connectivity index (χ0n) is 6.69. The molecule has 0 fully saturated rings. The maximum atomic E-state index is 11.5. The summed E-state index contributed by atoms with van der Waals surface area (Å²) in [5.41, 5.74) is 1.91. The van der Waals surface area contributed by atoms with E-state index in [2.05, 4.69) is 19.7 Å². The fourth-order valence-electron chi connectivity index (χ4n) is 0.246. The Labute approximate surface area is 59.3 Å². The maximum Gasteiger partial charge on any atom is 0.222 e. The van der Waals surface area contributed by atoms with Crippen LogP contribution in [0.2, 0.25) is 26.2 Å². The monoisotopic (exact) mass is 159 g/mol. The van der Waals surface area contributed by atoms with Gasteiger partial charge in [0.25, 0.3) is 0 Å². The smallest absolute Gasteiger partial charge is 0.222 e. The Bertz CT molecular complexity index is 113. The van der Waals surface area contributed by atoms with Crippen LogP contribution in [-0.4, -0.2) is 15.4 Å². The highest BCUT2D eigenvalue weighted by Crippen LogP contribution is 2.16. The summed E-state index contributed by atoms with van der Waals surface area (Å²) in [5.74, 6) is 0. The Kier molecular flexibility index (Phi) is 2.44. The molecule has 0 unspecified atom stereocenters. The molecule has 0 aliphatic carbocycles. The molecule has 0 aromatic carbocycles. The number of rotatable bonds is 2. The normalized spacial score (nSPS) is 13.4. The van der Waals surface area contributed by atoms with E-state index in [1.165, 1.54) is 0 Å². The Morgan fingerprint density at radius 2 is 1.56 bits per heavy atom. The van der Waals surface area contributed by atoms with Gasteiger partial charge in [0.15, 0.2) is 0 Å². The van der Waals surface area contributed by atoms with Crippen molar-refractivity contribution >= 4 is 15.4 Å². The van der Waals surface area contributed by atoms with Crippen LogP contribution in [-0.2, 0) is 4.80 Å². The highest BCUT2D eigenvalue weighted by molar-refractivity contribution is 7.39. The minimum absolute atomic E-state index is 1.53. The van der Waals surface area contributed by atoms with Crippen molar-refractivity contribution in [2.24, 2.45) is 0 Å². The summed E-state index contributed by atoms with van der Waals surface area (Å²) in [6.45, 7) is 11.6. The van der Waals surface area contributed by atoms with Crippen molar-refractivity contribution in [1.82, 2.24) is 0 Å². The third-order valence-electron chi connectivity index (χ3n) is 2.06. The molecular formula is C6H15OSi2. The van der Waals surface area contributed by atoms with Crippen LogP contribution >= 0.6 is 0 Å². The second kappa shape index (κ2) is 2.40. The van der Waals surface area contributed by atoms with Crippen LogP contribution in [0, 0.1) is 0 Å². The van der Waals surface area contributed by atoms with Gasteiger partial charge in [0.2, 0.25) is 7.83 Å². The summed E-state index contributed by atoms with van der Waals surface area (Å²) < 4.78 is 0. The summed E-state index contributed by atoms with van der Waals surface area (Å²) in [5, 5.41) is 0. The Balaban J connectivity index is 4.32. The van der Waals surface area contributed by atoms with Crippen molar-refractivity contribution in [1.29, 1.82) is 0 Å². The van der Waals surface area contributed by atoms with Gasteiger partial charge in [0, 0.05) is 0 Å². The Hall–Kier alpha value is 0.134. The minimum Gasteiger partial charge on any atom is -0.301 e. The highest BCUT2D eigenvalue weighted by atomic mass is 29.3. The molecule has 0 aliphatic heterocycles. The second-order valence-electron chi connectivity index (χ2n) is 3.44. The van der Waals surface area contributed by atoms with E-state index >= 15 is 0 Å². The summed E-state index contributed by atoms with van der Waals surface area (Å²) in [7, 11) is -3.65. The van der Waals surface area contributed by atoms with Crippen LogP contribution in [0.4, 0.5) is 0 Å². The lowest BCUT2D eigenvalue weighted by Crippen LogP contribution is -2.52. The molecule has 0 rings (SSSR count). The summed E-state index contributed by atoms with van der Waals surface area (Å²) >= 11 is 0. The van der Waals surface area contributed by atoms with Gasteiger partial charge in [0.05, 0.1) is 7.59 Å². The predicted octanol–water partition coefficient (Wildman–Crippen LogP) is 2.13. The lowest BCUT2D eigenvalue weighted by atomic mass is 11.3. The molecule has 3 heteroatoms. The Morgan fingerprint density at radius 3 is 1.56 bits per heavy atom. The lowest BCUT2D eigenvalue weighted by molar-refractivity contribution is 0.447. The first-order chi connectivity index (χ1) is 3.81. The van der Waals surface area contributed by atoms with Gasteiger partial charge in [-0.1, -0.05) is 13.1 Å². The summed E-state index contributed by atoms with van der Waals surface area (Å²) in [6, 6.07) is 0. The first-order valence-corrected chi connectivity index (χ1v) is 10.1. The molecule has 0 saturated heterocycles. The van der Waals surface area contributed by atoms with Crippen molar-refractivity contribution in [2.75, 3.05) is 0 Å². The van der Waals surface area contributed by atoms with E-state index in [1.54, 1.807) is 0 Å². The molecule has 1 radical (unpaired) electrons. The molecule has 0 amide bonds. The van der Waals surface area contributed by atoms with E-state index in [0.717, 1.165) is 0 Å². The van der Waals surface area contributed by atoms with E-state index in [9.17, 15) is 4.80 Å². The highest BCUT2D eigenvalue weighted by Gasteiger charge is 2.39. The molecule has 0 saturated carbocycles. The van der Waals surface area contributed by atoms with Crippen molar-refractivity contribution in [3.8, 4) is 0 Å². The van der Waals surface area contributed by atoms with E-state index in [-0.39, 0.29) is 0 Å². The van der Waals surface area contributed by atoms with Gasteiger partial charge in [-0.2, -0.15) is 0 Å². The van der Waals surface area contributed by atoms with Crippen molar-refractivity contribution < 1.29 is 4.80 Å². The average molecular weight is 159 g/mol. The van der Waals surface area contributed by atoms with Gasteiger partial charge < -0.3 is 4.80 Å². The fraction of sp³-hybridized carbons (Fsp3) is 0.667. The van der Waals surface area contributed by atoms with Gasteiger partial charge in [-0.15, -0.1) is 12.3 Å². The van der Waals surface area contributed by atoms with Crippen molar-refractivity contribution in [3.05, 3.63) is 12.3 Å². The molecule has 53 valence electrons. The van der Waals surface area contributed by atoms with Crippen LogP contribution < -0.4 is 0 Å². The molecule has 0 N–H and O–H groups in total. The minimum atomic E-state index is -2.11. The summed E-state index contributed by atoms with van der Waals surface area (Å²) in [6.07, 6.45) is 0. The SMILES string of the molecule is C=C[Si](C)(C)[Si](C)(C)[O]. The standard InChI is InChI=1S/C6H15OSi2/c1-6-8(2,3)9(4,5)7/h6H,1H2,2-5H3. The third-order valence-corrected chi connectivity index (χ3v) is 16.1. The zero-order valence-corrected chi connectivity index (χ0v) is 8.69. The Morgan fingerprint density at radius 1 is 1.22 bits per heavy atom. The van der Waals surface area contributed by atoms with E-state index in [1.807, 2.05) is 18.8 Å². The first kappa shape index (κ1) is 9.13. The maximum absolute atomic E-state index is 11.5. The van der Waals surface area contributed by atoms with Crippen LogP contribution in [0.15, 0.2) is 12.3 Å². The van der Waals surface area contributed by atoms with E-state index < -0.39 is 15.4 Å². The molecule has 0 heterocycles. The lowest BCUT2D eigenvalue weighted by Gasteiger charge is -2.26. The predicted molar refractivity (Wildman–Crippen MR) is 45.8 cm³/mol. The first-order valence-electron chi connectivity index (χ1n) is 3.15. The topological polar surface area (TPSA) is 19.9 Å². The van der Waals surface area contributed by atoms with Crippen LogP contribution in [0.5, 0.6) is 0 Å². The molecule has 0 aromatic heterocycles. The van der Waals surface area contributed by atoms with Crippen molar-refractivity contribution in [3.63, 3.8) is 0 Å². The molecule has 0 atom stereocenters. The largest absolute Gasteiger partial charge is 0.301 e. The zero-order chi connectivity index (χ0) is 7.71. The molecule has 1 nitrogen and oxygen atoms in total. The molecule has 9 heavy (non-hydrogen) atoms. The average Bonchev–Trinajstić information content (AvgIpc) is 1.64. The molecule has 0 spiro atoms. The van der Waals surface area contributed by atoms with Gasteiger partial charge in [0.1, 0.15) is 0 Å². The molecular weight excluding hydrogens is 144 g/mol. The summed E-state index contributed by atoms with van der Waals surface area (Å²) in [4.78, 5) is 11.5. The van der Waals surface area contributed by atoms with E-state index in [4.69, 9.17) is 0 Å². The fourth-order valence-corrected chi connectivity index (χ4v) is 2.21. The number of hydrogen-bond donors (Lipinski definition) is 0. The van der Waals surface area contributed by atoms with Gasteiger partial charge >= 0.3 is 0 Å². The quantitative estimate of drug-likeness (QED) is 0.550. The van der Waals surface area contributed by atoms with Crippen molar-refractivity contribution in [2.45, 2.75) is 26.2 Å². The van der Waals surface area contributed by atoms with Gasteiger partial charge in [-0.3, -0.25) is 0 Å². The third kappa shape index (κ3) is 2.08. The number of hydrogen-bond acceptors (Lipinski definition) is 0. The molecule has 0 bridgehead atoms. The molecule has 0 aliphatic rings. The van der Waals surface area contributed by atoms with Gasteiger partial charge in [-0.25, -0.2) is 0 Å². The second-order valence-corrected chi connectivity index (χ2v) is 17.8. The van der Waals surface area contributed by atoms with E-state index in [0.29, 0.717) is 0 Å². The van der Waals surface area contributed by atoms with Crippen LogP contribution in [0.3, 0.4) is 0 Å². The molecule has 0 aromatic rings. The van der Waals surface area contributed by atoms with Crippen LogP contribution in [0.1, 0.15) is 0 Å².